The van der Waals surface area contributed by atoms with E-state index in [4.69, 9.17) is 18.9 Å². The normalized spacial score (nSPS) is 10.3. The molecule has 3 aromatic rings. The monoisotopic (exact) mass is 425 g/mol. The van der Waals surface area contributed by atoms with Crippen molar-refractivity contribution in [3.8, 4) is 22.9 Å². The largest absolute Gasteiger partial charge is 0.497 e. The Bertz CT molecular complexity index is 1050. The third kappa shape index (κ3) is 5.33. The van der Waals surface area contributed by atoms with Crippen molar-refractivity contribution in [3.05, 3.63) is 60.4 Å². The molecule has 162 valence electrons. The molecule has 0 unspecified atom stereocenters. The first kappa shape index (κ1) is 21.7. The zero-order valence-corrected chi connectivity index (χ0v) is 17.5. The number of aromatic nitrogens is 2. The van der Waals surface area contributed by atoms with Crippen LogP contribution in [0.1, 0.15) is 17.4 Å². The van der Waals surface area contributed by atoms with Gasteiger partial charge in [0.25, 0.3) is 5.91 Å². The van der Waals surface area contributed by atoms with Crippen molar-refractivity contribution in [1.29, 1.82) is 0 Å². The second-order valence-corrected chi connectivity index (χ2v) is 6.25. The Morgan fingerprint density at radius 2 is 1.81 bits per heavy atom. The number of hydrogen-bond donors (Lipinski definition) is 1. The molecule has 1 N–H and O–H groups in total. The smallest absolute Gasteiger partial charge is 0.362 e. The molecule has 0 fully saturated rings. The van der Waals surface area contributed by atoms with Gasteiger partial charge >= 0.3 is 5.97 Å². The maximum absolute atomic E-state index is 12.4. The highest BCUT2D eigenvalue weighted by atomic mass is 16.5. The Kier molecular flexibility index (Phi) is 7.10. The molecule has 0 saturated carbocycles. The fourth-order valence-electron chi connectivity index (χ4n) is 2.75. The van der Waals surface area contributed by atoms with Gasteiger partial charge < -0.3 is 24.3 Å². The van der Waals surface area contributed by atoms with Crippen LogP contribution in [0.5, 0.6) is 17.2 Å². The summed E-state index contributed by atoms with van der Waals surface area (Å²) in [6, 6.07) is 14.2. The summed E-state index contributed by atoms with van der Waals surface area (Å²) in [4.78, 5) is 24.7. The number of amides is 1. The van der Waals surface area contributed by atoms with Gasteiger partial charge in [0, 0.05) is 6.07 Å². The predicted octanol–water partition coefficient (Wildman–Crippen LogP) is 3.08. The van der Waals surface area contributed by atoms with E-state index in [9.17, 15) is 9.59 Å². The van der Waals surface area contributed by atoms with Crippen LogP contribution in [0, 0.1) is 0 Å². The molecular formula is C22H23N3O6. The minimum atomic E-state index is -0.635. The molecule has 2 aromatic carbocycles. The van der Waals surface area contributed by atoms with Crippen LogP contribution in [0.3, 0.4) is 0 Å². The molecule has 0 saturated heterocycles. The van der Waals surface area contributed by atoms with E-state index in [2.05, 4.69) is 10.4 Å². The summed E-state index contributed by atoms with van der Waals surface area (Å²) in [7, 11) is 3.03. The van der Waals surface area contributed by atoms with Gasteiger partial charge in [-0.2, -0.15) is 5.10 Å². The molecule has 0 bridgehead atoms. The van der Waals surface area contributed by atoms with Gasteiger partial charge in [-0.1, -0.05) is 18.2 Å². The third-order valence-corrected chi connectivity index (χ3v) is 4.21. The average Bonchev–Trinajstić information content (AvgIpc) is 3.23. The summed E-state index contributed by atoms with van der Waals surface area (Å²) in [6.07, 6.45) is 1.53. The van der Waals surface area contributed by atoms with Gasteiger partial charge in [0.1, 0.15) is 11.5 Å². The van der Waals surface area contributed by atoms with Crippen molar-refractivity contribution >= 4 is 17.6 Å². The van der Waals surface area contributed by atoms with Gasteiger partial charge in [-0.25, -0.2) is 9.48 Å². The van der Waals surface area contributed by atoms with Gasteiger partial charge in [0.2, 0.25) is 5.69 Å². The number of carbonyl (C=O) groups is 2. The van der Waals surface area contributed by atoms with E-state index in [1.54, 1.807) is 25.1 Å². The van der Waals surface area contributed by atoms with Crippen LogP contribution in [0.15, 0.2) is 54.7 Å². The van der Waals surface area contributed by atoms with Gasteiger partial charge in [-0.15, -0.1) is 0 Å². The number of nitrogens with one attached hydrogen (secondary N) is 1. The fourth-order valence-corrected chi connectivity index (χ4v) is 2.75. The van der Waals surface area contributed by atoms with Crippen LogP contribution < -0.4 is 19.5 Å². The minimum absolute atomic E-state index is 0.0134. The van der Waals surface area contributed by atoms with E-state index in [0.29, 0.717) is 17.2 Å². The van der Waals surface area contributed by atoms with E-state index >= 15 is 0 Å². The Morgan fingerprint density at radius 1 is 1.03 bits per heavy atom. The summed E-state index contributed by atoms with van der Waals surface area (Å²) >= 11 is 0. The number of nitrogens with zero attached hydrogens (tertiary/aromatic N) is 2. The van der Waals surface area contributed by atoms with Gasteiger partial charge in [-0.3, -0.25) is 4.79 Å². The second kappa shape index (κ2) is 10.1. The standard InChI is InChI=1S/C22H23N3O6/c1-4-30-22(27)21-19(13-25(24-21)15-8-6-5-7-9-15)31-14-20(26)23-17-11-10-16(28-2)12-18(17)29-3/h5-13H,4,14H2,1-3H3,(H,23,26). The zero-order chi connectivity index (χ0) is 22.2. The number of benzene rings is 2. The lowest BCUT2D eigenvalue weighted by molar-refractivity contribution is -0.118. The fraction of sp³-hybridized carbons (Fsp3) is 0.227. The van der Waals surface area contributed by atoms with Gasteiger partial charge in [0.05, 0.1) is 38.4 Å². The zero-order valence-electron chi connectivity index (χ0n) is 17.5. The van der Waals surface area contributed by atoms with Crippen LogP contribution in [-0.2, 0) is 9.53 Å². The summed E-state index contributed by atoms with van der Waals surface area (Å²) in [5.74, 6) is 0.101. The number of carbonyl (C=O) groups excluding carboxylic acids is 2. The molecule has 9 heteroatoms. The molecular weight excluding hydrogens is 402 g/mol. The molecule has 1 aromatic heterocycles. The van der Waals surface area contributed by atoms with Crippen molar-refractivity contribution < 1.29 is 28.5 Å². The third-order valence-electron chi connectivity index (χ3n) is 4.21. The van der Waals surface area contributed by atoms with Crippen molar-refractivity contribution in [2.75, 3.05) is 32.8 Å². The first-order chi connectivity index (χ1) is 15.0. The number of methoxy groups -OCH3 is 2. The van der Waals surface area contributed by atoms with Crippen molar-refractivity contribution in [2.24, 2.45) is 0 Å². The van der Waals surface area contributed by atoms with Crippen LogP contribution in [0.2, 0.25) is 0 Å². The molecule has 3 rings (SSSR count). The van der Waals surface area contributed by atoms with E-state index in [1.165, 1.54) is 25.1 Å². The summed E-state index contributed by atoms with van der Waals surface area (Å²) in [5.41, 5.74) is 1.18. The first-order valence-electron chi connectivity index (χ1n) is 9.52. The number of hydrogen-bond acceptors (Lipinski definition) is 7. The van der Waals surface area contributed by atoms with E-state index < -0.39 is 11.9 Å². The summed E-state index contributed by atoms with van der Waals surface area (Å²) in [6.45, 7) is 1.54. The first-order valence-corrected chi connectivity index (χ1v) is 9.52. The average molecular weight is 425 g/mol. The number of ether oxygens (including phenoxy) is 4. The second-order valence-electron chi connectivity index (χ2n) is 6.25. The van der Waals surface area contributed by atoms with Crippen molar-refractivity contribution in [2.45, 2.75) is 6.92 Å². The van der Waals surface area contributed by atoms with Crippen LogP contribution in [0.4, 0.5) is 5.69 Å². The lowest BCUT2D eigenvalue weighted by Gasteiger charge is -2.12. The Labute approximate surface area is 179 Å². The molecule has 0 radical (unpaired) electrons. The molecule has 0 spiro atoms. The lowest BCUT2D eigenvalue weighted by Crippen LogP contribution is -2.21. The maximum atomic E-state index is 12.4. The van der Waals surface area contributed by atoms with Gasteiger partial charge in [-0.05, 0) is 31.2 Å². The van der Waals surface area contributed by atoms with Crippen LogP contribution in [0.25, 0.3) is 5.69 Å². The van der Waals surface area contributed by atoms with Crippen LogP contribution >= 0.6 is 0 Å². The number of para-hydroxylation sites is 1. The molecule has 0 aliphatic heterocycles. The van der Waals surface area contributed by atoms with Crippen LogP contribution in [-0.4, -0.2) is 49.1 Å². The lowest BCUT2D eigenvalue weighted by atomic mass is 10.2. The maximum Gasteiger partial charge on any atom is 0.362 e. The molecule has 31 heavy (non-hydrogen) atoms. The quantitative estimate of drug-likeness (QED) is 0.526. The number of rotatable bonds is 9. The topological polar surface area (TPSA) is 101 Å². The molecule has 1 amide bonds. The molecule has 1 heterocycles. The molecule has 0 atom stereocenters. The summed E-state index contributed by atoms with van der Waals surface area (Å²) in [5, 5.41) is 6.97. The Balaban J connectivity index is 1.75. The highest BCUT2D eigenvalue weighted by molar-refractivity contribution is 5.94. The van der Waals surface area contributed by atoms with E-state index in [0.717, 1.165) is 5.69 Å². The molecule has 9 nitrogen and oxygen atoms in total. The summed E-state index contributed by atoms with van der Waals surface area (Å²) < 4.78 is 22.6. The SMILES string of the molecule is CCOC(=O)c1nn(-c2ccccc2)cc1OCC(=O)Nc1ccc(OC)cc1OC. The Hall–Kier alpha value is -4.01. The number of esters is 1. The van der Waals surface area contributed by atoms with Crippen molar-refractivity contribution in [3.63, 3.8) is 0 Å². The highest BCUT2D eigenvalue weighted by Gasteiger charge is 2.21. The minimum Gasteiger partial charge on any atom is -0.497 e. The predicted molar refractivity (Wildman–Crippen MR) is 113 cm³/mol. The van der Waals surface area contributed by atoms with E-state index in [-0.39, 0.29) is 24.7 Å². The molecule has 0 aliphatic rings. The number of anilines is 1. The van der Waals surface area contributed by atoms with E-state index in [1.807, 2.05) is 30.3 Å². The highest BCUT2D eigenvalue weighted by Crippen LogP contribution is 2.29. The Morgan fingerprint density at radius 3 is 2.48 bits per heavy atom. The van der Waals surface area contributed by atoms with Gasteiger partial charge in [0.15, 0.2) is 12.4 Å². The molecule has 0 aliphatic carbocycles. The van der Waals surface area contributed by atoms with Crippen molar-refractivity contribution in [1.82, 2.24) is 9.78 Å².